The molecule has 0 amide bonds. The van der Waals surface area contributed by atoms with Gasteiger partial charge in [-0.15, -0.1) is 0 Å². The van der Waals surface area contributed by atoms with Crippen molar-refractivity contribution in [3.8, 4) is 0 Å². The zero-order valence-corrected chi connectivity index (χ0v) is 35.1. The summed E-state index contributed by atoms with van der Waals surface area (Å²) in [7, 11) is 0. The summed E-state index contributed by atoms with van der Waals surface area (Å²) in [5, 5.41) is 5.42. The molecule has 0 aliphatic heterocycles. The van der Waals surface area contributed by atoms with E-state index in [0.717, 1.165) is 0 Å². The second-order valence-corrected chi connectivity index (χ2v) is 16.0. The third-order valence-electron chi connectivity index (χ3n) is 10.0. The maximum absolute atomic E-state index is 2.46. The fourth-order valence-electron chi connectivity index (χ4n) is 7.03. The van der Waals surface area contributed by atoms with Crippen LogP contribution >= 0.6 is 45.2 Å². The minimum Gasteiger partial charge on any atom is -0.0654 e. The number of unbranched alkanes of at least 4 members (excludes halogenated alkanes) is 6. The van der Waals surface area contributed by atoms with E-state index in [1.165, 1.54) is 128 Å². The van der Waals surface area contributed by atoms with Gasteiger partial charge in [0.2, 0.25) is 0 Å². The molecule has 3 heteroatoms. The Morgan fingerprint density at radius 3 is 1.27 bits per heavy atom. The molecule has 10 radical (unpaired) electrons. The summed E-state index contributed by atoms with van der Waals surface area (Å²) in [6.07, 6.45) is 27.5. The van der Waals surface area contributed by atoms with Gasteiger partial charge in [-0.2, -0.15) is 0 Å². The van der Waals surface area contributed by atoms with Crippen LogP contribution in [0.15, 0.2) is 72.8 Å². The normalized spacial score (nSPS) is 17.3. The van der Waals surface area contributed by atoms with Crippen molar-refractivity contribution in [3.63, 3.8) is 0 Å². The van der Waals surface area contributed by atoms with Gasteiger partial charge in [0, 0.05) is 36.0 Å². The van der Waals surface area contributed by atoms with E-state index >= 15 is 0 Å². The molecule has 2 atom stereocenters. The van der Waals surface area contributed by atoms with Crippen LogP contribution in [0.3, 0.4) is 0 Å². The standard InChI is InChI=1S/2C23H26I.Fe/c2*1-3-4-5-6-9-17(2)19-14-15-20(16-19)21-12-7-10-18-11-8-13-22(24)23(18)21;/h2*7-8,10-17H,3-6,9H2,1-2H3;. The number of hydrogen-bond donors (Lipinski definition) is 0. The average Bonchev–Trinajstić information content (AvgIpc) is 3.80. The van der Waals surface area contributed by atoms with Crippen LogP contribution in [0, 0.1) is 81.2 Å². The number of halogens is 2. The van der Waals surface area contributed by atoms with E-state index in [9.17, 15) is 0 Å². The number of fused-ring (bicyclic) bond motifs is 2. The summed E-state index contributed by atoms with van der Waals surface area (Å²) in [6.45, 7) is 9.30. The first kappa shape index (κ1) is 41.1. The van der Waals surface area contributed by atoms with Gasteiger partial charge < -0.3 is 0 Å². The Hall–Kier alpha value is -0.621. The third kappa shape index (κ3) is 11.2. The Labute approximate surface area is 337 Å². The number of hydrogen-bond acceptors (Lipinski definition) is 0. The maximum Gasteiger partial charge on any atom is 0.0211 e. The van der Waals surface area contributed by atoms with Gasteiger partial charge in [-0.3, -0.25) is 0 Å². The van der Waals surface area contributed by atoms with Crippen molar-refractivity contribution in [3.05, 3.63) is 153 Å². The van der Waals surface area contributed by atoms with Crippen molar-refractivity contribution in [2.45, 2.75) is 91.9 Å². The van der Waals surface area contributed by atoms with Gasteiger partial charge in [0.1, 0.15) is 0 Å². The predicted octanol–water partition coefficient (Wildman–Crippen LogP) is 14.3. The molecular formula is C46H52FeI2. The van der Waals surface area contributed by atoms with E-state index in [4.69, 9.17) is 0 Å². The Kier molecular flexibility index (Phi) is 17.8. The largest absolute Gasteiger partial charge is 0.0654 e. The first-order chi connectivity index (χ1) is 23.4. The summed E-state index contributed by atoms with van der Waals surface area (Å²) in [5.41, 5.74) is 2.73. The molecule has 2 aliphatic rings. The van der Waals surface area contributed by atoms with Crippen LogP contribution in [0.25, 0.3) is 21.5 Å². The van der Waals surface area contributed by atoms with Crippen molar-refractivity contribution in [1.29, 1.82) is 0 Å². The molecule has 0 saturated heterocycles. The summed E-state index contributed by atoms with van der Waals surface area (Å²) in [5.74, 6) is 7.02. The fraction of sp³-hybridized carbons (Fsp3) is 0.348. The van der Waals surface area contributed by atoms with Gasteiger partial charge in [-0.1, -0.05) is 153 Å². The van der Waals surface area contributed by atoms with Crippen LogP contribution in [-0.2, 0) is 17.1 Å². The summed E-state index contributed by atoms with van der Waals surface area (Å²) >= 11 is 4.91. The second kappa shape index (κ2) is 21.2. The first-order valence-corrected chi connectivity index (χ1v) is 20.5. The van der Waals surface area contributed by atoms with Crippen LogP contribution in [0.1, 0.15) is 103 Å². The molecule has 4 aromatic carbocycles. The number of benzene rings is 4. The smallest absolute Gasteiger partial charge is 0.0211 e. The van der Waals surface area contributed by atoms with Gasteiger partial charge >= 0.3 is 0 Å². The van der Waals surface area contributed by atoms with Crippen LogP contribution < -0.4 is 0 Å². The monoisotopic (exact) mass is 914 g/mol. The zero-order chi connectivity index (χ0) is 33.9. The van der Waals surface area contributed by atoms with Crippen LogP contribution in [-0.4, -0.2) is 0 Å². The molecule has 4 aromatic rings. The molecule has 2 fully saturated rings. The van der Waals surface area contributed by atoms with Gasteiger partial charge in [0.25, 0.3) is 0 Å². The van der Waals surface area contributed by atoms with Crippen molar-refractivity contribution < 1.29 is 17.1 Å². The average molecular weight is 915 g/mol. The van der Waals surface area contributed by atoms with Crippen molar-refractivity contribution >= 4 is 66.7 Å². The predicted molar refractivity (Wildman–Crippen MR) is 226 cm³/mol. The van der Waals surface area contributed by atoms with E-state index in [2.05, 4.69) is 184 Å². The molecule has 2 unspecified atom stereocenters. The zero-order valence-electron chi connectivity index (χ0n) is 29.7. The summed E-state index contributed by atoms with van der Waals surface area (Å²) in [4.78, 5) is 0. The van der Waals surface area contributed by atoms with Crippen molar-refractivity contribution in [1.82, 2.24) is 0 Å². The first-order valence-electron chi connectivity index (χ1n) is 18.3. The van der Waals surface area contributed by atoms with E-state index in [-0.39, 0.29) is 17.1 Å². The Morgan fingerprint density at radius 2 is 0.878 bits per heavy atom. The Morgan fingerprint density at radius 1 is 0.490 bits per heavy atom. The maximum atomic E-state index is 2.46. The molecule has 0 spiro atoms. The molecule has 6 rings (SSSR count). The van der Waals surface area contributed by atoms with Crippen LogP contribution in [0.4, 0.5) is 0 Å². The summed E-state index contributed by atoms with van der Waals surface area (Å²) in [6, 6.07) is 26.4. The topological polar surface area (TPSA) is 0 Å². The van der Waals surface area contributed by atoms with E-state index in [1.54, 1.807) is 0 Å². The van der Waals surface area contributed by atoms with Gasteiger partial charge in [-0.25, -0.2) is 0 Å². The Balaban J connectivity index is 0.000000216. The van der Waals surface area contributed by atoms with Crippen molar-refractivity contribution in [2.75, 3.05) is 0 Å². The van der Waals surface area contributed by atoms with Gasteiger partial charge in [-0.05, 0) is 152 Å². The van der Waals surface area contributed by atoms with E-state index in [0.29, 0.717) is 11.8 Å². The van der Waals surface area contributed by atoms with E-state index in [1.807, 2.05) is 0 Å². The molecule has 2 aliphatic carbocycles. The van der Waals surface area contributed by atoms with Crippen molar-refractivity contribution in [2.24, 2.45) is 11.8 Å². The molecular weight excluding hydrogens is 862 g/mol. The molecule has 258 valence electrons. The molecule has 0 bridgehead atoms. The Bertz CT molecular complexity index is 1430. The molecule has 49 heavy (non-hydrogen) atoms. The fourth-order valence-corrected chi connectivity index (χ4v) is 8.65. The van der Waals surface area contributed by atoms with Crippen LogP contribution in [0.5, 0.6) is 0 Å². The second-order valence-electron chi connectivity index (χ2n) is 13.7. The minimum absolute atomic E-state index is 0. The molecule has 0 nitrogen and oxygen atoms in total. The third-order valence-corrected chi connectivity index (χ3v) is 11.8. The molecule has 0 heterocycles. The van der Waals surface area contributed by atoms with E-state index < -0.39 is 0 Å². The molecule has 0 aromatic heterocycles. The van der Waals surface area contributed by atoms with Gasteiger partial charge in [0.15, 0.2) is 0 Å². The van der Waals surface area contributed by atoms with Crippen LogP contribution in [0.2, 0.25) is 0 Å². The van der Waals surface area contributed by atoms with Gasteiger partial charge in [0.05, 0.1) is 0 Å². The summed E-state index contributed by atoms with van der Waals surface area (Å²) < 4.78 is 2.66. The molecule has 2 saturated carbocycles. The minimum atomic E-state index is 0. The quantitative estimate of drug-likeness (QED) is 0.0672. The SMILES string of the molecule is CCCCCCC(C)[C]1[CH][CH][C](c2cccc3cccc(I)c23)[CH]1.CCCCCCC(C)[C]1[CH][CH][C](c2cccc3cccc(I)c23)[CH]1.[Fe]. The number of rotatable bonds is 14. The molecule has 0 N–H and O–H groups in total.